The third-order valence-corrected chi connectivity index (χ3v) is 4.35. The molecular weight excluding hydrogens is 259 g/mol. The first-order valence-electron chi connectivity index (χ1n) is 7.12. The van der Waals surface area contributed by atoms with E-state index in [4.69, 9.17) is 0 Å². The second kappa shape index (κ2) is 6.31. The number of hydrogen-bond donors (Lipinski definition) is 1. The zero-order valence-corrected chi connectivity index (χ0v) is 11.9. The minimum absolute atomic E-state index is 0.334. The molecule has 1 aliphatic carbocycles. The van der Waals surface area contributed by atoms with Gasteiger partial charge in [-0.05, 0) is 50.1 Å². The van der Waals surface area contributed by atoms with Crippen LogP contribution < -0.4 is 5.32 Å². The van der Waals surface area contributed by atoms with Gasteiger partial charge in [0.2, 0.25) is 5.82 Å². The maximum atomic E-state index is 14.1. The van der Waals surface area contributed by atoms with E-state index >= 15 is 0 Å². The third kappa shape index (κ3) is 3.15. The first-order valence-corrected chi connectivity index (χ1v) is 7.12. The van der Waals surface area contributed by atoms with E-state index in [0.717, 1.165) is 12.8 Å². The minimum atomic E-state index is -0.675. The highest BCUT2D eigenvalue weighted by molar-refractivity contribution is 5.37. The number of hydrogen-bond acceptors (Lipinski definition) is 3. The van der Waals surface area contributed by atoms with E-state index in [1.807, 2.05) is 7.05 Å². The Morgan fingerprint density at radius 3 is 2.85 bits per heavy atom. The molecule has 0 aromatic heterocycles. The number of nitrogens with one attached hydrogen (secondary N) is 1. The Morgan fingerprint density at radius 2 is 2.20 bits per heavy atom. The summed E-state index contributed by atoms with van der Waals surface area (Å²) >= 11 is 0. The van der Waals surface area contributed by atoms with E-state index in [9.17, 15) is 14.5 Å². The number of rotatable bonds is 4. The highest BCUT2D eigenvalue weighted by Crippen LogP contribution is 2.33. The highest BCUT2D eigenvalue weighted by atomic mass is 19.1. The van der Waals surface area contributed by atoms with Crippen LogP contribution in [0.4, 0.5) is 10.1 Å². The normalized spacial score (nSPS) is 26.4. The predicted octanol–water partition coefficient (Wildman–Crippen LogP) is 3.30. The van der Waals surface area contributed by atoms with E-state index in [1.54, 1.807) is 12.1 Å². The monoisotopic (exact) mass is 280 g/mol. The van der Waals surface area contributed by atoms with Crippen LogP contribution in [0, 0.1) is 27.8 Å². The lowest BCUT2D eigenvalue weighted by atomic mass is 9.76. The average Bonchev–Trinajstić information content (AvgIpc) is 2.41. The van der Waals surface area contributed by atoms with Crippen molar-refractivity contribution in [2.45, 2.75) is 38.6 Å². The van der Waals surface area contributed by atoms with Crippen molar-refractivity contribution in [3.8, 4) is 0 Å². The van der Waals surface area contributed by atoms with Crippen molar-refractivity contribution in [1.82, 2.24) is 5.32 Å². The minimum Gasteiger partial charge on any atom is -0.317 e. The molecule has 1 N–H and O–H groups in total. The van der Waals surface area contributed by atoms with Crippen LogP contribution in [0.2, 0.25) is 0 Å². The first kappa shape index (κ1) is 14.9. The van der Waals surface area contributed by atoms with Crippen molar-refractivity contribution in [3.05, 3.63) is 39.7 Å². The molecule has 1 saturated carbocycles. The zero-order chi connectivity index (χ0) is 14.7. The second-order valence-corrected chi connectivity index (χ2v) is 5.78. The van der Waals surface area contributed by atoms with Crippen LogP contribution >= 0.6 is 0 Å². The van der Waals surface area contributed by atoms with Crippen molar-refractivity contribution >= 4 is 5.69 Å². The van der Waals surface area contributed by atoms with Crippen molar-refractivity contribution in [2.24, 2.45) is 11.8 Å². The lowest BCUT2D eigenvalue weighted by Gasteiger charge is -2.35. The maximum absolute atomic E-state index is 14.1. The summed E-state index contributed by atoms with van der Waals surface area (Å²) in [6, 6.07) is 4.81. The van der Waals surface area contributed by atoms with Crippen molar-refractivity contribution in [3.63, 3.8) is 0 Å². The molecule has 0 saturated heterocycles. The molecule has 2 rings (SSSR count). The van der Waals surface area contributed by atoms with Gasteiger partial charge in [-0.15, -0.1) is 0 Å². The maximum Gasteiger partial charge on any atom is 0.305 e. The number of nitro benzene ring substituents is 1. The summed E-state index contributed by atoms with van der Waals surface area (Å²) in [6.07, 6.45) is 3.86. The Hall–Kier alpha value is -1.49. The Bertz CT molecular complexity index is 493. The summed E-state index contributed by atoms with van der Waals surface area (Å²) in [5, 5.41) is 14.1. The molecule has 1 aromatic carbocycles. The van der Waals surface area contributed by atoms with Crippen LogP contribution in [0.15, 0.2) is 18.2 Å². The molecule has 110 valence electrons. The van der Waals surface area contributed by atoms with Gasteiger partial charge in [-0.2, -0.15) is 4.39 Å². The van der Waals surface area contributed by atoms with Gasteiger partial charge in [0.1, 0.15) is 0 Å². The highest BCUT2D eigenvalue weighted by Gasteiger charge is 2.29. The van der Waals surface area contributed by atoms with Gasteiger partial charge in [-0.3, -0.25) is 10.1 Å². The second-order valence-electron chi connectivity index (χ2n) is 5.78. The predicted molar refractivity (Wildman–Crippen MR) is 76.1 cm³/mol. The van der Waals surface area contributed by atoms with Gasteiger partial charge in [-0.1, -0.05) is 19.1 Å². The van der Waals surface area contributed by atoms with E-state index in [1.165, 1.54) is 12.5 Å². The quantitative estimate of drug-likeness (QED) is 0.680. The summed E-state index contributed by atoms with van der Waals surface area (Å²) in [7, 11) is 1.93. The standard InChI is InChI=1S/C15H21FN2O2/c1-10-6-7-13(17-2)12(8-10)9-11-4-3-5-14(15(11)16)18(19)20/h3-5,10,12-13,17H,6-9H2,1-2H3. The Morgan fingerprint density at radius 1 is 1.45 bits per heavy atom. The van der Waals surface area contributed by atoms with E-state index in [2.05, 4.69) is 12.2 Å². The summed E-state index contributed by atoms with van der Waals surface area (Å²) in [5.41, 5.74) is 0.0333. The van der Waals surface area contributed by atoms with E-state index in [0.29, 0.717) is 29.9 Å². The third-order valence-electron chi connectivity index (χ3n) is 4.35. The number of nitrogens with zero attached hydrogens (tertiary/aromatic N) is 1. The van der Waals surface area contributed by atoms with Crippen molar-refractivity contribution in [2.75, 3.05) is 7.05 Å². The van der Waals surface area contributed by atoms with E-state index in [-0.39, 0.29) is 0 Å². The van der Waals surface area contributed by atoms with Gasteiger partial charge >= 0.3 is 5.69 Å². The molecule has 20 heavy (non-hydrogen) atoms. The number of benzene rings is 1. The molecule has 0 aliphatic heterocycles. The Labute approximate surface area is 118 Å². The van der Waals surface area contributed by atoms with Gasteiger partial charge in [0.05, 0.1) is 4.92 Å². The molecule has 3 unspecified atom stereocenters. The Balaban J connectivity index is 2.20. The fourth-order valence-electron chi connectivity index (χ4n) is 3.25. The fourth-order valence-corrected chi connectivity index (χ4v) is 3.25. The molecule has 0 spiro atoms. The molecule has 4 nitrogen and oxygen atoms in total. The SMILES string of the molecule is CNC1CCC(C)CC1Cc1cccc([N+](=O)[O-])c1F. The summed E-state index contributed by atoms with van der Waals surface area (Å²) in [6.45, 7) is 2.21. The van der Waals surface area contributed by atoms with Gasteiger partial charge < -0.3 is 5.32 Å². The molecule has 1 aliphatic rings. The number of nitro groups is 1. The Kier molecular flexibility index (Phi) is 4.70. The summed E-state index contributed by atoms with van der Waals surface area (Å²) in [4.78, 5) is 10.1. The molecule has 5 heteroatoms. The van der Waals surface area contributed by atoms with Crippen LogP contribution in [-0.2, 0) is 6.42 Å². The molecule has 0 radical (unpaired) electrons. The lowest BCUT2D eigenvalue weighted by molar-refractivity contribution is -0.387. The first-order chi connectivity index (χ1) is 9.52. The van der Waals surface area contributed by atoms with E-state index < -0.39 is 16.4 Å². The van der Waals surface area contributed by atoms with Gasteiger partial charge in [0, 0.05) is 12.1 Å². The lowest BCUT2D eigenvalue weighted by Crippen LogP contribution is -2.39. The largest absolute Gasteiger partial charge is 0.317 e. The van der Waals surface area contributed by atoms with Gasteiger partial charge in [-0.25, -0.2) is 0 Å². The zero-order valence-electron chi connectivity index (χ0n) is 11.9. The van der Waals surface area contributed by atoms with Crippen LogP contribution in [0.5, 0.6) is 0 Å². The molecule has 0 amide bonds. The van der Waals surface area contributed by atoms with Crippen molar-refractivity contribution in [1.29, 1.82) is 0 Å². The van der Waals surface area contributed by atoms with Crippen LogP contribution in [0.25, 0.3) is 0 Å². The van der Waals surface area contributed by atoms with Crippen LogP contribution in [-0.4, -0.2) is 18.0 Å². The molecule has 0 bridgehead atoms. The fraction of sp³-hybridized carbons (Fsp3) is 0.600. The molecule has 3 atom stereocenters. The summed E-state index contributed by atoms with van der Waals surface area (Å²) < 4.78 is 14.1. The molecular formula is C15H21FN2O2. The molecule has 0 heterocycles. The summed E-state index contributed by atoms with van der Waals surface area (Å²) in [5.74, 6) is 0.289. The average molecular weight is 280 g/mol. The molecule has 1 aromatic rings. The van der Waals surface area contributed by atoms with Gasteiger partial charge in [0.15, 0.2) is 0 Å². The van der Waals surface area contributed by atoms with Gasteiger partial charge in [0.25, 0.3) is 0 Å². The topological polar surface area (TPSA) is 55.2 Å². The number of halogens is 1. The van der Waals surface area contributed by atoms with Crippen LogP contribution in [0.1, 0.15) is 31.7 Å². The smallest absolute Gasteiger partial charge is 0.305 e. The van der Waals surface area contributed by atoms with Crippen molar-refractivity contribution < 1.29 is 9.31 Å². The van der Waals surface area contributed by atoms with Crippen LogP contribution in [0.3, 0.4) is 0 Å². The molecule has 1 fully saturated rings.